The molecule has 1 aromatic heterocycles. The molecular weight excluding hydrogens is 168 g/mol. The van der Waals surface area contributed by atoms with E-state index < -0.39 is 0 Å². The van der Waals surface area contributed by atoms with E-state index in [0.717, 1.165) is 5.56 Å². The lowest BCUT2D eigenvalue weighted by Crippen LogP contribution is -2.38. The highest BCUT2D eigenvalue weighted by Crippen LogP contribution is 2.14. The summed E-state index contributed by atoms with van der Waals surface area (Å²) in [6.07, 6.45) is 3.35. The topological polar surface area (TPSA) is 51.2 Å². The van der Waals surface area contributed by atoms with Crippen molar-refractivity contribution >= 4 is 5.97 Å². The molecule has 0 aromatic carbocycles. The van der Waals surface area contributed by atoms with Crippen LogP contribution < -0.4 is 5.32 Å². The van der Waals surface area contributed by atoms with Gasteiger partial charge in [0.1, 0.15) is 12.6 Å². The van der Waals surface area contributed by atoms with Crippen LogP contribution in [0.1, 0.15) is 11.6 Å². The predicted molar refractivity (Wildman–Crippen MR) is 45.9 cm³/mol. The van der Waals surface area contributed by atoms with Crippen LogP contribution >= 0.6 is 0 Å². The summed E-state index contributed by atoms with van der Waals surface area (Å²) in [7, 11) is 0. The van der Waals surface area contributed by atoms with Crippen LogP contribution in [0.2, 0.25) is 0 Å². The number of hydrogen-bond acceptors (Lipinski definition) is 4. The van der Waals surface area contributed by atoms with Crippen LogP contribution in [-0.2, 0) is 9.53 Å². The average Bonchev–Trinajstić information content (AvgIpc) is 2.20. The Bertz CT molecular complexity index is 300. The first-order valence-electron chi connectivity index (χ1n) is 4.18. The van der Waals surface area contributed by atoms with Gasteiger partial charge in [-0.3, -0.25) is 10.3 Å². The Balaban J connectivity index is 2.20. The first kappa shape index (κ1) is 8.19. The van der Waals surface area contributed by atoms with Gasteiger partial charge < -0.3 is 4.74 Å². The Morgan fingerprint density at radius 1 is 1.62 bits per heavy atom. The molecule has 1 aliphatic rings. The van der Waals surface area contributed by atoms with Crippen LogP contribution in [0.4, 0.5) is 0 Å². The zero-order valence-corrected chi connectivity index (χ0v) is 7.06. The molecule has 2 rings (SSSR count). The molecule has 0 amide bonds. The second kappa shape index (κ2) is 3.53. The summed E-state index contributed by atoms with van der Waals surface area (Å²) in [5, 5.41) is 3.07. The molecule has 1 N–H and O–H groups in total. The molecule has 0 radical (unpaired) electrons. The number of nitrogens with one attached hydrogen (secondary N) is 1. The zero-order chi connectivity index (χ0) is 9.10. The van der Waals surface area contributed by atoms with E-state index in [1.165, 1.54) is 0 Å². The van der Waals surface area contributed by atoms with Gasteiger partial charge in [0.05, 0.1) is 0 Å². The highest BCUT2D eigenvalue weighted by molar-refractivity contribution is 5.78. The van der Waals surface area contributed by atoms with Crippen LogP contribution in [0.15, 0.2) is 24.5 Å². The molecule has 0 spiro atoms. The largest absolute Gasteiger partial charge is 0.463 e. The van der Waals surface area contributed by atoms with Crippen molar-refractivity contribution in [3.8, 4) is 0 Å². The molecule has 4 nitrogen and oxygen atoms in total. The summed E-state index contributed by atoms with van der Waals surface area (Å²) in [6, 6.07) is 3.32. The molecule has 1 aromatic rings. The molecule has 1 atom stereocenters. The van der Waals surface area contributed by atoms with Gasteiger partial charge in [-0.05, 0) is 11.6 Å². The fourth-order valence-corrected chi connectivity index (χ4v) is 1.32. The number of carbonyl (C=O) groups is 1. The number of morpholine rings is 1. The number of rotatable bonds is 1. The van der Waals surface area contributed by atoms with Gasteiger partial charge in [0.2, 0.25) is 0 Å². The second-order valence-electron chi connectivity index (χ2n) is 2.84. The maximum atomic E-state index is 11.3. The summed E-state index contributed by atoms with van der Waals surface area (Å²) in [6.45, 7) is 1.15. The van der Waals surface area contributed by atoms with Crippen molar-refractivity contribution in [3.63, 3.8) is 0 Å². The molecular formula is C9H10N2O2. The van der Waals surface area contributed by atoms with Crippen molar-refractivity contribution < 1.29 is 9.53 Å². The van der Waals surface area contributed by atoms with Crippen LogP contribution in [0.25, 0.3) is 0 Å². The van der Waals surface area contributed by atoms with Gasteiger partial charge in [-0.2, -0.15) is 0 Å². The molecule has 0 aliphatic carbocycles. The van der Waals surface area contributed by atoms with Gasteiger partial charge in [-0.1, -0.05) is 6.07 Å². The third-order valence-electron chi connectivity index (χ3n) is 1.95. The normalized spacial score (nSPS) is 22.5. The van der Waals surface area contributed by atoms with Crippen molar-refractivity contribution in [2.45, 2.75) is 6.04 Å². The van der Waals surface area contributed by atoms with Crippen molar-refractivity contribution in [1.29, 1.82) is 0 Å². The summed E-state index contributed by atoms with van der Waals surface area (Å²) in [5.41, 5.74) is 0.854. The van der Waals surface area contributed by atoms with Gasteiger partial charge in [-0.25, -0.2) is 4.79 Å². The number of aromatic nitrogens is 1. The summed E-state index contributed by atoms with van der Waals surface area (Å²) in [5.74, 6) is -0.223. The first-order valence-corrected chi connectivity index (χ1v) is 4.18. The maximum Gasteiger partial charge on any atom is 0.327 e. The maximum absolute atomic E-state index is 11.3. The number of pyridine rings is 1. The number of hydrogen-bond donors (Lipinski definition) is 1. The minimum atomic E-state index is -0.345. The van der Waals surface area contributed by atoms with E-state index in [9.17, 15) is 4.79 Å². The highest BCUT2D eigenvalue weighted by Gasteiger charge is 2.24. The minimum Gasteiger partial charge on any atom is -0.463 e. The van der Waals surface area contributed by atoms with Crippen LogP contribution in [0, 0.1) is 0 Å². The Kier molecular flexibility index (Phi) is 2.23. The van der Waals surface area contributed by atoms with Gasteiger partial charge in [0.25, 0.3) is 0 Å². The lowest BCUT2D eigenvalue weighted by Gasteiger charge is -2.22. The number of carbonyl (C=O) groups excluding carboxylic acids is 1. The summed E-state index contributed by atoms with van der Waals surface area (Å²) in [4.78, 5) is 15.2. The molecule has 1 saturated heterocycles. The fourth-order valence-electron chi connectivity index (χ4n) is 1.32. The summed E-state index contributed by atoms with van der Waals surface area (Å²) >= 11 is 0. The van der Waals surface area contributed by atoms with Gasteiger partial charge >= 0.3 is 5.97 Å². The van der Waals surface area contributed by atoms with Gasteiger partial charge in [-0.15, -0.1) is 0 Å². The number of esters is 1. The third-order valence-corrected chi connectivity index (χ3v) is 1.95. The Morgan fingerprint density at radius 3 is 3.23 bits per heavy atom. The van der Waals surface area contributed by atoms with Crippen LogP contribution in [-0.4, -0.2) is 24.1 Å². The minimum absolute atomic E-state index is 0.223. The Hall–Kier alpha value is -1.42. The second-order valence-corrected chi connectivity index (χ2v) is 2.84. The van der Waals surface area contributed by atoms with E-state index in [-0.39, 0.29) is 12.0 Å². The van der Waals surface area contributed by atoms with E-state index >= 15 is 0 Å². The molecule has 68 valence electrons. The SMILES string of the molecule is O=C1OCCN[C@@H]1c1cccnc1. The lowest BCUT2D eigenvalue weighted by atomic mass is 10.1. The average molecular weight is 178 g/mol. The number of nitrogens with zero attached hydrogens (tertiary/aromatic N) is 1. The molecule has 1 fully saturated rings. The molecule has 0 unspecified atom stereocenters. The standard InChI is InChI=1S/C9H10N2O2/c12-9-8(11-4-5-13-9)7-2-1-3-10-6-7/h1-3,6,8,11H,4-5H2/t8-/m1/s1. The lowest BCUT2D eigenvalue weighted by molar-refractivity contribution is -0.149. The quantitative estimate of drug-likeness (QED) is 0.627. The van der Waals surface area contributed by atoms with Crippen molar-refractivity contribution in [3.05, 3.63) is 30.1 Å². The molecule has 4 heteroatoms. The molecule has 2 heterocycles. The van der Waals surface area contributed by atoms with Crippen molar-refractivity contribution in [1.82, 2.24) is 10.3 Å². The molecule has 13 heavy (non-hydrogen) atoms. The molecule has 0 saturated carbocycles. The Morgan fingerprint density at radius 2 is 2.54 bits per heavy atom. The van der Waals surface area contributed by atoms with E-state index in [1.54, 1.807) is 18.5 Å². The smallest absolute Gasteiger partial charge is 0.327 e. The van der Waals surface area contributed by atoms with Crippen LogP contribution in [0.3, 0.4) is 0 Å². The fraction of sp³-hybridized carbons (Fsp3) is 0.333. The zero-order valence-electron chi connectivity index (χ0n) is 7.06. The first-order chi connectivity index (χ1) is 6.38. The van der Waals surface area contributed by atoms with Crippen molar-refractivity contribution in [2.24, 2.45) is 0 Å². The number of cyclic esters (lactones) is 1. The number of ether oxygens (including phenoxy) is 1. The van der Waals surface area contributed by atoms with E-state index in [0.29, 0.717) is 13.2 Å². The molecule has 0 bridgehead atoms. The third kappa shape index (κ3) is 1.67. The van der Waals surface area contributed by atoms with E-state index in [4.69, 9.17) is 4.74 Å². The monoisotopic (exact) mass is 178 g/mol. The van der Waals surface area contributed by atoms with Gasteiger partial charge in [0.15, 0.2) is 0 Å². The van der Waals surface area contributed by atoms with E-state index in [2.05, 4.69) is 10.3 Å². The molecule has 1 aliphatic heterocycles. The Labute approximate surface area is 75.9 Å². The van der Waals surface area contributed by atoms with Crippen LogP contribution in [0.5, 0.6) is 0 Å². The predicted octanol–water partition coefficient (Wildman–Crippen LogP) is 0.269. The summed E-state index contributed by atoms with van der Waals surface area (Å²) < 4.78 is 4.92. The van der Waals surface area contributed by atoms with E-state index in [1.807, 2.05) is 6.07 Å². The highest BCUT2D eigenvalue weighted by atomic mass is 16.5. The van der Waals surface area contributed by atoms with Gasteiger partial charge in [0, 0.05) is 18.9 Å². The van der Waals surface area contributed by atoms with Crippen molar-refractivity contribution in [2.75, 3.05) is 13.2 Å².